The predicted molar refractivity (Wildman–Crippen MR) is 83.5 cm³/mol. The highest BCUT2D eigenvalue weighted by Crippen LogP contribution is 2.43. The molecule has 0 fully saturated rings. The Hall–Kier alpha value is -2.17. The van der Waals surface area contributed by atoms with E-state index in [2.05, 4.69) is 22.2 Å². The Kier molecular flexibility index (Phi) is 3.21. The molecule has 0 bridgehead atoms. The van der Waals surface area contributed by atoms with Crippen LogP contribution in [0.1, 0.15) is 16.7 Å². The lowest BCUT2D eigenvalue weighted by Gasteiger charge is -2.30. The van der Waals surface area contributed by atoms with Gasteiger partial charge in [-0.05, 0) is 28.8 Å². The molecule has 4 nitrogen and oxygen atoms in total. The van der Waals surface area contributed by atoms with Gasteiger partial charge >= 0.3 is 0 Å². The Morgan fingerprint density at radius 1 is 1.14 bits per heavy atom. The molecule has 0 aliphatic carbocycles. The molecular formula is C17H14ClN3O. The van der Waals surface area contributed by atoms with Gasteiger partial charge < -0.3 is 4.74 Å². The summed E-state index contributed by atoms with van der Waals surface area (Å²) in [5, 5.41) is 4.95. The van der Waals surface area contributed by atoms with Crippen molar-refractivity contribution in [3.63, 3.8) is 0 Å². The van der Waals surface area contributed by atoms with Gasteiger partial charge in [0.25, 0.3) is 0 Å². The molecule has 4 rings (SSSR count). The first-order valence-electron chi connectivity index (χ1n) is 7.09. The Morgan fingerprint density at radius 2 is 1.95 bits per heavy atom. The fourth-order valence-electron chi connectivity index (χ4n) is 3.04. The minimum Gasteiger partial charge on any atom is -0.359 e. The minimum atomic E-state index is -0.561. The van der Waals surface area contributed by atoms with Gasteiger partial charge in [0, 0.05) is 5.02 Å². The summed E-state index contributed by atoms with van der Waals surface area (Å²) in [6.45, 7) is 1.17. The number of fused-ring (bicyclic) bond motifs is 1. The van der Waals surface area contributed by atoms with Crippen molar-refractivity contribution in [2.45, 2.75) is 18.8 Å². The van der Waals surface area contributed by atoms with Gasteiger partial charge in [-0.3, -0.25) is 0 Å². The zero-order valence-corrected chi connectivity index (χ0v) is 12.6. The first-order valence-corrected chi connectivity index (χ1v) is 7.46. The van der Waals surface area contributed by atoms with Gasteiger partial charge in [-0.25, -0.2) is 9.67 Å². The van der Waals surface area contributed by atoms with Crippen molar-refractivity contribution < 1.29 is 4.74 Å². The molecule has 0 radical (unpaired) electrons. The summed E-state index contributed by atoms with van der Waals surface area (Å²) in [6.07, 6.45) is 3.25. The van der Waals surface area contributed by atoms with E-state index in [0.29, 0.717) is 18.2 Å². The number of hydrogen-bond acceptors (Lipinski definition) is 3. The lowest BCUT2D eigenvalue weighted by atomic mass is 9.85. The SMILES string of the molecule is Clc1ccc(C2(Cn3cncn3)OCc3ccccc32)cc1. The molecule has 2 heterocycles. The van der Waals surface area contributed by atoms with Gasteiger partial charge in [-0.15, -0.1) is 0 Å². The van der Waals surface area contributed by atoms with E-state index >= 15 is 0 Å². The van der Waals surface area contributed by atoms with Crippen LogP contribution >= 0.6 is 11.6 Å². The van der Waals surface area contributed by atoms with Crippen LogP contribution in [0.3, 0.4) is 0 Å². The highest BCUT2D eigenvalue weighted by molar-refractivity contribution is 6.30. The number of hydrogen-bond donors (Lipinski definition) is 0. The molecule has 22 heavy (non-hydrogen) atoms. The van der Waals surface area contributed by atoms with Crippen molar-refractivity contribution in [2.24, 2.45) is 0 Å². The van der Waals surface area contributed by atoms with Crippen LogP contribution in [0.2, 0.25) is 5.02 Å². The maximum absolute atomic E-state index is 6.28. The maximum atomic E-state index is 6.28. The molecule has 1 atom stereocenters. The predicted octanol–water partition coefficient (Wildman–Crippen LogP) is 3.41. The molecule has 1 aromatic heterocycles. The number of nitrogens with zero attached hydrogens (tertiary/aromatic N) is 3. The number of halogens is 1. The molecule has 110 valence electrons. The van der Waals surface area contributed by atoms with Gasteiger partial charge in [0.05, 0.1) is 13.2 Å². The van der Waals surface area contributed by atoms with Crippen molar-refractivity contribution in [2.75, 3.05) is 0 Å². The number of benzene rings is 2. The zero-order chi connectivity index (χ0) is 15.0. The third-order valence-corrected chi connectivity index (χ3v) is 4.34. The third-order valence-electron chi connectivity index (χ3n) is 4.09. The van der Waals surface area contributed by atoms with Gasteiger partial charge in [0.2, 0.25) is 0 Å². The summed E-state index contributed by atoms with van der Waals surface area (Å²) in [5.41, 5.74) is 2.89. The Labute approximate surface area is 133 Å². The maximum Gasteiger partial charge on any atom is 0.138 e. The smallest absolute Gasteiger partial charge is 0.138 e. The highest BCUT2D eigenvalue weighted by Gasteiger charge is 2.42. The summed E-state index contributed by atoms with van der Waals surface area (Å²) in [7, 11) is 0. The Balaban J connectivity index is 1.87. The highest BCUT2D eigenvalue weighted by atomic mass is 35.5. The van der Waals surface area contributed by atoms with Crippen molar-refractivity contribution in [3.05, 3.63) is 82.9 Å². The van der Waals surface area contributed by atoms with Crippen LogP contribution in [0.4, 0.5) is 0 Å². The van der Waals surface area contributed by atoms with E-state index < -0.39 is 5.60 Å². The van der Waals surface area contributed by atoms with Gasteiger partial charge in [0.15, 0.2) is 0 Å². The average Bonchev–Trinajstić information content (AvgIpc) is 3.18. The van der Waals surface area contributed by atoms with Gasteiger partial charge in [-0.2, -0.15) is 5.10 Å². The molecule has 3 aromatic rings. The van der Waals surface area contributed by atoms with Crippen LogP contribution in [-0.4, -0.2) is 14.8 Å². The van der Waals surface area contributed by atoms with Crippen LogP contribution in [0, 0.1) is 0 Å². The Bertz CT molecular complexity index is 786. The molecule has 1 aliphatic rings. The molecule has 0 spiro atoms. The van der Waals surface area contributed by atoms with Crippen LogP contribution in [-0.2, 0) is 23.5 Å². The van der Waals surface area contributed by atoms with E-state index in [4.69, 9.17) is 16.3 Å². The number of ether oxygens (including phenoxy) is 1. The van der Waals surface area contributed by atoms with E-state index in [-0.39, 0.29) is 0 Å². The van der Waals surface area contributed by atoms with Gasteiger partial charge in [0.1, 0.15) is 18.3 Å². The molecule has 0 amide bonds. The van der Waals surface area contributed by atoms with E-state index in [9.17, 15) is 0 Å². The second-order valence-electron chi connectivity index (χ2n) is 5.37. The average molecular weight is 312 g/mol. The van der Waals surface area contributed by atoms with Crippen molar-refractivity contribution in [1.82, 2.24) is 14.8 Å². The summed E-state index contributed by atoms with van der Waals surface area (Å²) in [5.74, 6) is 0. The lowest BCUT2D eigenvalue weighted by Crippen LogP contribution is -2.32. The van der Waals surface area contributed by atoms with Crippen molar-refractivity contribution >= 4 is 11.6 Å². The third kappa shape index (κ3) is 2.12. The molecule has 1 unspecified atom stereocenters. The molecule has 5 heteroatoms. The largest absolute Gasteiger partial charge is 0.359 e. The molecule has 1 aliphatic heterocycles. The fourth-order valence-corrected chi connectivity index (χ4v) is 3.17. The first kappa shape index (κ1) is 13.5. The monoisotopic (exact) mass is 311 g/mol. The second-order valence-corrected chi connectivity index (χ2v) is 5.81. The van der Waals surface area contributed by atoms with Crippen LogP contribution in [0.5, 0.6) is 0 Å². The molecule has 2 aromatic carbocycles. The molecule has 0 N–H and O–H groups in total. The standard InChI is InChI=1S/C17H14ClN3O/c18-15-7-5-14(6-8-15)17(10-21-12-19-11-20-21)16-4-2-1-3-13(16)9-22-17/h1-8,11-12H,9-10H2. The minimum absolute atomic E-state index is 0.561. The quantitative estimate of drug-likeness (QED) is 0.744. The van der Waals surface area contributed by atoms with E-state index in [1.807, 2.05) is 36.4 Å². The van der Waals surface area contributed by atoms with Crippen LogP contribution in [0.25, 0.3) is 0 Å². The van der Waals surface area contributed by atoms with E-state index in [1.165, 1.54) is 17.5 Å². The second kappa shape index (κ2) is 5.23. The fraction of sp³-hybridized carbons (Fsp3) is 0.176. The number of rotatable bonds is 3. The first-order chi connectivity index (χ1) is 10.8. The van der Waals surface area contributed by atoms with E-state index in [1.54, 1.807) is 11.0 Å². The normalized spacial score (nSPS) is 20.0. The van der Waals surface area contributed by atoms with Crippen LogP contribution in [0.15, 0.2) is 61.2 Å². The summed E-state index contributed by atoms with van der Waals surface area (Å²) in [4.78, 5) is 4.03. The van der Waals surface area contributed by atoms with Crippen molar-refractivity contribution in [1.29, 1.82) is 0 Å². The summed E-state index contributed by atoms with van der Waals surface area (Å²) >= 11 is 6.04. The van der Waals surface area contributed by atoms with E-state index in [0.717, 1.165) is 5.56 Å². The molecular weight excluding hydrogens is 298 g/mol. The molecule has 0 saturated heterocycles. The zero-order valence-electron chi connectivity index (χ0n) is 11.8. The number of aromatic nitrogens is 3. The lowest BCUT2D eigenvalue weighted by molar-refractivity contribution is -0.0204. The molecule has 0 saturated carbocycles. The van der Waals surface area contributed by atoms with Crippen LogP contribution < -0.4 is 0 Å². The Morgan fingerprint density at radius 3 is 2.73 bits per heavy atom. The topological polar surface area (TPSA) is 39.9 Å². The van der Waals surface area contributed by atoms with Gasteiger partial charge in [-0.1, -0.05) is 48.0 Å². The van der Waals surface area contributed by atoms with Crippen molar-refractivity contribution in [3.8, 4) is 0 Å². The summed E-state index contributed by atoms with van der Waals surface area (Å²) < 4.78 is 8.08. The summed E-state index contributed by atoms with van der Waals surface area (Å²) in [6, 6.07) is 16.1.